The molecule has 170 valence electrons. The Kier molecular flexibility index (Phi) is 7.06. The van der Waals surface area contributed by atoms with Crippen molar-refractivity contribution in [1.29, 1.82) is 0 Å². The van der Waals surface area contributed by atoms with Crippen molar-refractivity contribution in [3.63, 3.8) is 0 Å². The summed E-state index contributed by atoms with van der Waals surface area (Å²) in [6.45, 7) is 9.77. The van der Waals surface area contributed by atoms with Crippen molar-refractivity contribution in [3.05, 3.63) is 41.5 Å². The fourth-order valence-corrected chi connectivity index (χ4v) is 5.16. The van der Waals surface area contributed by atoms with Crippen LogP contribution in [0.5, 0.6) is 5.75 Å². The molecule has 31 heavy (non-hydrogen) atoms. The van der Waals surface area contributed by atoms with E-state index in [1.54, 1.807) is 4.90 Å². The fourth-order valence-electron chi connectivity index (χ4n) is 4.29. The Balaban J connectivity index is 1.82. The number of aryl methyl sites for hydroxylation is 1. The van der Waals surface area contributed by atoms with E-state index < -0.39 is 10.0 Å². The molecule has 1 aromatic heterocycles. The molecule has 0 bridgehead atoms. The van der Waals surface area contributed by atoms with E-state index in [0.717, 1.165) is 23.0 Å². The number of anilines is 1. The Morgan fingerprint density at radius 2 is 1.77 bits per heavy atom. The maximum absolute atomic E-state index is 13.4. The minimum atomic E-state index is -3.17. The van der Waals surface area contributed by atoms with Crippen LogP contribution in [0.25, 0.3) is 0 Å². The third-order valence-corrected chi connectivity index (χ3v) is 7.11. The highest BCUT2D eigenvalue weighted by Gasteiger charge is 2.30. The molecule has 0 unspecified atom stereocenters. The van der Waals surface area contributed by atoms with Gasteiger partial charge in [0.2, 0.25) is 10.0 Å². The number of nitrogens with zero attached hydrogens (tertiary/aromatic N) is 4. The van der Waals surface area contributed by atoms with Crippen LogP contribution in [0, 0.1) is 13.8 Å². The lowest BCUT2D eigenvalue weighted by Gasteiger charge is -2.32. The first-order chi connectivity index (χ1) is 14.7. The number of aromatic nitrogens is 2. The lowest BCUT2D eigenvalue weighted by Crippen LogP contribution is -2.38. The van der Waals surface area contributed by atoms with Gasteiger partial charge in [-0.3, -0.25) is 4.79 Å². The van der Waals surface area contributed by atoms with Gasteiger partial charge in [0, 0.05) is 37.1 Å². The molecule has 3 rings (SSSR count). The first-order valence-electron chi connectivity index (χ1n) is 10.7. The lowest BCUT2D eigenvalue weighted by atomic mass is 10.1. The summed E-state index contributed by atoms with van der Waals surface area (Å²) in [5, 5.41) is 0. The number of benzene rings is 1. The summed E-state index contributed by atoms with van der Waals surface area (Å²) in [7, 11) is -3.17. The molecule has 0 atom stereocenters. The van der Waals surface area contributed by atoms with Crippen molar-refractivity contribution in [2.24, 2.45) is 0 Å². The molecule has 2 heterocycles. The molecule has 0 saturated carbocycles. The van der Waals surface area contributed by atoms with Crippen LogP contribution in [-0.2, 0) is 10.0 Å². The van der Waals surface area contributed by atoms with Crippen molar-refractivity contribution >= 4 is 21.6 Å². The number of rotatable bonds is 7. The molecule has 0 aliphatic carbocycles. The first-order valence-corrected chi connectivity index (χ1v) is 12.6. The summed E-state index contributed by atoms with van der Waals surface area (Å²) in [5.74, 6) is 1.41. The number of piperidine rings is 1. The molecule has 1 aliphatic heterocycles. The number of carbonyl (C=O) groups excluding carboxylic acids is 1. The smallest absolute Gasteiger partial charge is 0.278 e. The molecular formula is C22H32N4O4S. The summed E-state index contributed by atoms with van der Waals surface area (Å²) in [4.78, 5) is 19.7. The van der Waals surface area contributed by atoms with Crippen molar-refractivity contribution < 1.29 is 17.9 Å². The minimum absolute atomic E-state index is 0.132. The summed E-state index contributed by atoms with van der Waals surface area (Å²) in [5.41, 5.74) is 2.06. The van der Waals surface area contributed by atoms with Crippen molar-refractivity contribution in [1.82, 2.24) is 13.9 Å². The highest BCUT2D eigenvalue weighted by Crippen LogP contribution is 2.29. The monoisotopic (exact) mass is 448 g/mol. The van der Waals surface area contributed by atoms with Gasteiger partial charge in [0.25, 0.3) is 5.91 Å². The maximum atomic E-state index is 13.4. The second-order valence-corrected chi connectivity index (χ2v) is 9.82. The van der Waals surface area contributed by atoms with Gasteiger partial charge in [-0.1, -0.05) is 0 Å². The van der Waals surface area contributed by atoms with E-state index in [9.17, 15) is 13.2 Å². The first kappa shape index (κ1) is 23.3. The molecule has 2 aromatic rings. The van der Waals surface area contributed by atoms with Gasteiger partial charge in [-0.2, -0.15) is 0 Å². The third-order valence-electron chi connectivity index (χ3n) is 5.81. The van der Waals surface area contributed by atoms with Crippen LogP contribution in [0.1, 0.15) is 54.7 Å². The molecule has 0 radical (unpaired) electrons. The summed E-state index contributed by atoms with van der Waals surface area (Å²) >= 11 is 0. The van der Waals surface area contributed by atoms with Crippen molar-refractivity contribution in [3.8, 4) is 5.75 Å². The largest absolute Gasteiger partial charge is 0.494 e. The molecule has 0 spiro atoms. The van der Waals surface area contributed by atoms with Gasteiger partial charge in [-0.25, -0.2) is 17.7 Å². The average Bonchev–Trinajstić information content (AvgIpc) is 3.03. The molecule has 9 heteroatoms. The lowest BCUT2D eigenvalue weighted by molar-refractivity contribution is 0.0983. The zero-order valence-electron chi connectivity index (χ0n) is 19.0. The van der Waals surface area contributed by atoms with Crippen LogP contribution in [0.4, 0.5) is 5.69 Å². The van der Waals surface area contributed by atoms with Gasteiger partial charge < -0.3 is 14.2 Å². The van der Waals surface area contributed by atoms with Gasteiger partial charge in [0.1, 0.15) is 17.3 Å². The molecule has 1 aliphatic rings. The van der Waals surface area contributed by atoms with Gasteiger partial charge in [-0.05, 0) is 64.8 Å². The Bertz CT molecular complexity index is 1020. The Morgan fingerprint density at radius 3 is 2.29 bits per heavy atom. The van der Waals surface area contributed by atoms with E-state index in [2.05, 4.69) is 9.55 Å². The standard InChI is InChI=1S/C22H32N4O4S/c1-6-25(18-8-10-20(11-9-18)30-7-2)22(27)21-16(3)26(17(4)23-21)19-12-14-24(15-13-19)31(5,28)29/h8-11,19H,6-7,12-15H2,1-5H3. The zero-order valence-corrected chi connectivity index (χ0v) is 19.8. The molecular weight excluding hydrogens is 416 g/mol. The maximum Gasteiger partial charge on any atom is 0.278 e. The predicted octanol–water partition coefficient (Wildman–Crippen LogP) is 3.16. The van der Waals surface area contributed by atoms with Gasteiger partial charge >= 0.3 is 0 Å². The van der Waals surface area contributed by atoms with E-state index in [-0.39, 0.29) is 11.9 Å². The van der Waals surface area contributed by atoms with Crippen LogP contribution < -0.4 is 9.64 Å². The van der Waals surface area contributed by atoms with E-state index in [1.165, 1.54) is 10.6 Å². The number of sulfonamides is 1. The van der Waals surface area contributed by atoms with Crippen LogP contribution in [-0.4, -0.2) is 60.7 Å². The molecule has 1 fully saturated rings. The molecule has 8 nitrogen and oxygen atoms in total. The van der Waals surface area contributed by atoms with E-state index in [0.29, 0.717) is 44.8 Å². The number of imidazole rings is 1. The van der Waals surface area contributed by atoms with Crippen LogP contribution in [0.3, 0.4) is 0 Å². The Morgan fingerprint density at radius 1 is 1.16 bits per heavy atom. The van der Waals surface area contributed by atoms with Crippen molar-refractivity contribution in [2.75, 3.05) is 37.4 Å². The van der Waals surface area contributed by atoms with Gasteiger partial charge in [-0.15, -0.1) is 0 Å². The number of hydrogen-bond donors (Lipinski definition) is 0. The van der Waals surface area contributed by atoms with Crippen molar-refractivity contribution in [2.45, 2.75) is 46.6 Å². The number of hydrogen-bond acceptors (Lipinski definition) is 5. The number of carbonyl (C=O) groups is 1. The second-order valence-electron chi connectivity index (χ2n) is 7.83. The highest BCUT2D eigenvalue weighted by atomic mass is 32.2. The molecule has 0 N–H and O–H groups in total. The normalized spacial score (nSPS) is 15.8. The highest BCUT2D eigenvalue weighted by molar-refractivity contribution is 7.88. The van der Waals surface area contributed by atoms with E-state index in [1.807, 2.05) is 52.0 Å². The Labute approximate surface area is 184 Å². The number of ether oxygens (including phenoxy) is 1. The fraction of sp³-hybridized carbons (Fsp3) is 0.545. The molecule has 1 amide bonds. The van der Waals surface area contributed by atoms with E-state index in [4.69, 9.17) is 4.74 Å². The average molecular weight is 449 g/mol. The zero-order chi connectivity index (χ0) is 22.8. The SMILES string of the molecule is CCOc1ccc(N(CC)C(=O)c2nc(C)n(C3CCN(S(C)(=O)=O)CC3)c2C)cc1. The third kappa shape index (κ3) is 4.93. The summed E-state index contributed by atoms with van der Waals surface area (Å²) in [6, 6.07) is 7.62. The van der Waals surface area contributed by atoms with E-state index >= 15 is 0 Å². The van der Waals surface area contributed by atoms with Crippen LogP contribution in [0.15, 0.2) is 24.3 Å². The topological polar surface area (TPSA) is 84.7 Å². The second kappa shape index (κ2) is 9.40. The van der Waals surface area contributed by atoms with Crippen LogP contribution >= 0.6 is 0 Å². The van der Waals surface area contributed by atoms with Gasteiger partial charge in [0.15, 0.2) is 0 Å². The quantitative estimate of drug-likeness (QED) is 0.650. The minimum Gasteiger partial charge on any atom is -0.494 e. The van der Waals surface area contributed by atoms with Gasteiger partial charge in [0.05, 0.1) is 12.9 Å². The molecule has 1 saturated heterocycles. The Hall–Kier alpha value is -2.39. The summed E-state index contributed by atoms with van der Waals surface area (Å²) < 4.78 is 32.7. The summed E-state index contributed by atoms with van der Waals surface area (Å²) in [6.07, 6.45) is 2.66. The van der Waals surface area contributed by atoms with Crippen LogP contribution in [0.2, 0.25) is 0 Å². The predicted molar refractivity (Wildman–Crippen MR) is 121 cm³/mol. The number of amides is 1. The molecule has 1 aromatic carbocycles.